The van der Waals surface area contributed by atoms with Crippen LogP contribution in [0.4, 0.5) is 0 Å². The first-order valence-corrected chi connectivity index (χ1v) is 11.8. The topological polar surface area (TPSA) is 63.6 Å². The van der Waals surface area contributed by atoms with Crippen LogP contribution in [0.15, 0.2) is 18.2 Å². The number of carbonyl (C=O) groups is 2. The minimum Gasteiger partial charge on any atom is -0.481 e. The van der Waals surface area contributed by atoms with E-state index in [1.807, 2.05) is 6.92 Å². The third-order valence-electron chi connectivity index (χ3n) is 9.10. The Labute approximate surface area is 189 Å². The van der Waals surface area contributed by atoms with E-state index in [1.54, 1.807) is 0 Å². The Hall–Kier alpha value is -2.62. The molecule has 1 spiro atoms. The molecule has 2 aromatic carbocycles. The van der Waals surface area contributed by atoms with Gasteiger partial charge in [-0.05, 0) is 110 Å². The first kappa shape index (κ1) is 20.0. The van der Waals surface area contributed by atoms with Crippen molar-refractivity contribution in [2.75, 3.05) is 0 Å². The summed E-state index contributed by atoms with van der Waals surface area (Å²) < 4.78 is 6.18. The number of carbonyl (C=O) groups excluding carboxylic acids is 1. The molecule has 5 aliphatic carbocycles. The Morgan fingerprint density at radius 2 is 1.56 bits per heavy atom. The van der Waals surface area contributed by atoms with Crippen LogP contribution in [-0.4, -0.2) is 22.6 Å². The van der Waals surface area contributed by atoms with Crippen molar-refractivity contribution in [1.82, 2.24) is 0 Å². The molecular weight excluding hydrogens is 400 g/mol. The Morgan fingerprint density at radius 3 is 2.22 bits per heavy atom. The van der Waals surface area contributed by atoms with Gasteiger partial charge in [-0.2, -0.15) is 0 Å². The normalized spacial score (nSPS) is 30.0. The predicted molar refractivity (Wildman–Crippen MR) is 121 cm³/mol. The molecule has 0 amide bonds. The zero-order valence-electron chi connectivity index (χ0n) is 19.5. The lowest BCUT2D eigenvalue weighted by atomic mass is 9.54. The van der Waals surface area contributed by atoms with Gasteiger partial charge in [-0.25, -0.2) is 0 Å². The van der Waals surface area contributed by atoms with Crippen LogP contribution >= 0.6 is 0 Å². The number of ether oxygens (including phenoxy) is 1. The van der Waals surface area contributed by atoms with Gasteiger partial charge >= 0.3 is 11.9 Å². The molecule has 4 unspecified atom stereocenters. The molecule has 7 rings (SSSR count). The maximum atomic E-state index is 13.9. The molecule has 2 bridgehead atoms. The second kappa shape index (κ2) is 6.03. The van der Waals surface area contributed by atoms with Gasteiger partial charge in [0.05, 0.1) is 17.3 Å². The molecule has 0 heterocycles. The van der Waals surface area contributed by atoms with Gasteiger partial charge in [0.25, 0.3) is 0 Å². The minimum atomic E-state index is -0.898. The van der Waals surface area contributed by atoms with Gasteiger partial charge in [-0.1, -0.05) is 18.2 Å². The van der Waals surface area contributed by atoms with Crippen LogP contribution in [-0.2, 0) is 19.7 Å². The van der Waals surface area contributed by atoms with Crippen LogP contribution in [0, 0.1) is 39.5 Å². The van der Waals surface area contributed by atoms with Crippen molar-refractivity contribution >= 4 is 11.9 Å². The van der Waals surface area contributed by atoms with Gasteiger partial charge in [0.15, 0.2) is 0 Å². The number of fused-ring (bicyclic) bond motifs is 1. The monoisotopic (exact) mass is 430 g/mol. The molecule has 0 aromatic heterocycles. The second-order valence-electron chi connectivity index (χ2n) is 10.9. The summed E-state index contributed by atoms with van der Waals surface area (Å²) in [5, 5.41) is 10.5. The maximum absolute atomic E-state index is 13.9. The van der Waals surface area contributed by atoms with Crippen molar-refractivity contribution in [2.45, 2.75) is 77.2 Å². The molecule has 4 heteroatoms. The number of carboxylic acid groups (broad SMARTS) is 1. The average Bonchev–Trinajstić information content (AvgIpc) is 3.24. The third kappa shape index (κ3) is 2.19. The highest BCUT2D eigenvalue weighted by Crippen LogP contribution is 2.75. The highest BCUT2D eigenvalue weighted by atomic mass is 16.6. The van der Waals surface area contributed by atoms with Crippen molar-refractivity contribution in [3.63, 3.8) is 0 Å². The lowest BCUT2D eigenvalue weighted by Gasteiger charge is -2.47. The predicted octanol–water partition coefficient (Wildman–Crippen LogP) is 5.22. The third-order valence-corrected chi connectivity index (χ3v) is 9.10. The molecule has 166 valence electrons. The maximum Gasteiger partial charge on any atom is 0.311 e. The Bertz CT molecular complexity index is 1230. The molecule has 2 aromatic rings. The van der Waals surface area contributed by atoms with Crippen LogP contribution in [0.1, 0.15) is 88.6 Å². The highest BCUT2D eigenvalue weighted by Gasteiger charge is 2.74. The number of hydrogen-bond donors (Lipinski definition) is 1. The van der Waals surface area contributed by atoms with Gasteiger partial charge in [0.2, 0.25) is 0 Å². The molecule has 0 saturated heterocycles. The molecule has 1 saturated carbocycles. The van der Waals surface area contributed by atoms with Crippen molar-refractivity contribution in [1.29, 1.82) is 0 Å². The summed E-state index contributed by atoms with van der Waals surface area (Å²) in [7, 11) is 0. The van der Waals surface area contributed by atoms with Gasteiger partial charge in [0, 0.05) is 5.92 Å². The van der Waals surface area contributed by atoms with Gasteiger partial charge in [0.1, 0.15) is 5.60 Å². The molecule has 32 heavy (non-hydrogen) atoms. The summed E-state index contributed by atoms with van der Waals surface area (Å²) in [5.41, 5.74) is 9.31. The molecule has 1 fully saturated rings. The van der Waals surface area contributed by atoms with Crippen molar-refractivity contribution in [3.05, 3.63) is 68.3 Å². The van der Waals surface area contributed by atoms with E-state index < -0.39 is 28.8 Å². The van der Waals surface area contributed by atoms with Gasteiger partial charge in [-0.15, -0.1) is 0 Å². The lowest BCUT2D eigenvalue weighted by molar-refractivity contribution is -0.171. The minimum absolute atomic E-state index is 0.312. The van der Waals surface area contributed by atoms with E-state index in [2.05, 4.69) is 45.9 Å². The fourth-order valence-corrected chi connectivity index (χ4v) is 7.35. The summed E-state index contributed by atoms with van der Waals surface area (Å²) in [6.07, 6.45) is 3.80. The zero-order chi connectivity index (χ0) is 22.7. The van der Waals surface area contributed by atoms with Crippen LogP contribution in [0.3, 0.4) is 0 Å². The lowest BCUT2D eigenvalue weighted by Crippen LogP contribution is -2.52. The van der Waals surface area contributed by atoms with Crippen LogP contribution in [0.5, 0.6) is 0 Å². The number of carboxylic acids is 1. The largest absolute Gasteiger partial charge is 0.481 e. The summed E-state index contributed by atoms with van der Waals surface area (Å²) >= 11 is 0. The molecular formula is C28H30O4. The Morgan fingerprint density at radius 1 is 0.938 bits per heavy atom. The first-order valence-electron chi connectivity index (χ1n) is 11.8. The number of benzene rings is 2. The molecule has 4 atom stereocenters. The first-order chi connectivity index (χ1) is 15.1. The number of rotatable bonds is 3. The summed E-state index contributed by atoms with van der Waals surface area (Å²) in [4.78, 5) is 26.7. The fourth-order valence-electron chi connectivity index (χ4n) is 7.35. The van der Waals surface area contributed by atoms with Crippen molar-refractivity contribution in [3.8, 4) is 0 Å². The summed E-state index contributed by atoms with van der Waals surface area (Å²) in [6.45, 7) is 10.4. The number of esters is 1. The Kier molecular flexibility index (Phi) is 3.77. The smallest absolute Gasteiger partial charge is 0.311 e. The SMILES string of the molecule is Cc1cc2c(cc1C)C13c4c(cc(C)c(C)c41)C2C(C(=O)O)C3C(=O)OC1(C)CCCC1. The highest BCUT2D eigenvalue weighted by molar-refractivity contribution is 5.96. The zero-order valence-corrected chi connectivity index (χ0v) is 19.5. The number of aryl methyl sites for hydroxylation is 3. The molecule has 5 aliphatic rings. The molecule has 4 nitrogen and oxygen atoms in total. The van der Waals surface area contributed by atoms with Crippen LogP contribution in [0.2, 0.25) is 0 Å². The Balaban J connectivity index is 1.61. The van der Waals surface area contributed by atoms with Crippen molar-refractivity contribution in [2.24, 2.45) is 11.8 Å². The van der Waals surface area contributed by atoms with E-state index in [4.69, 9.17) is 4.74 Å². The summed E-state index contributed by atoms with van der Waals surface area (Å²) in [6, 6.07) is 6.56. The van der Waals surface area contributed by atoms with E-state index in [0.717, 1.165) is 47.9 Å². The van der Waals surface area contributed by atoms with Crippen LogP contribution < -0.4 is 0 Å². The van der Waals surface area contributed by atoms with E-state index in [1.165, 1.54) is 27.8 Å². The van der Waals surface area contributed by atoms with Gasteiger partial charge in [-0.3, -0.25) is 9.59 Å². The van der Waals surface area contributed by atoms with E-state index in [0.29, 0.717) is 0 Å². The molecule has 0 radical (unpaired) electrons. The number of aliphatic carboxylic acids is 1. The van der Waals surface area contributed by atoms with E-state index in [9.17, 15) is 14.7 Å². The van der Waals surface area contributed by atoms with Gasteiger partial charge < -0.3 is 9.84 Å². The molecule has 1 N–H and O–H groups in total. The fraction of sp³-hybridized carbons (Fsp3) is 0.500. The van der Waals surface area contributed by atoms with Crippen LogP contribution in [0.25, 0.3) is 0 Å². The standard InChI is InChI=1S/C28H30O4/c1-13-10-17-19(12-14(13)2)28-22-16(4)15(3)11-18(23(22)28)20(17)21(25(29)30)24(28)26(31)32-27(5)8-6-7-9-27/h10-12,20-21,24H,6-9H2,1-5H3,(H,29,30). The summed E-state index contributed by atoms with van der Waals surface area (Å²) in [5.74, 6) is -3.05. The van der Waals surface area contributed by atoms with E-state index in [-0.39, 0.29) is 11.9 Å². The quantitative estimate of drug-likeness (QED) is 0.678. The van der Waals surface area contributed by atoms with E-state index >= 15 is 0 Å². The second-order valence-corrected chi connectivity index (χ2v) is 10.9. The number of hydrogen-bond acceptors (Lipinski definition) is 3. The molecule has 0 aliphatic heterocycles. The van der Waals surface area contributed by atoms with Crippen molar-refractivity contribution < 1.29 is 19.4 Å². The average molecular weight is 431 g/mol.